The Morgan fingerprint density at radius 3 is 1.51 bits per heavy atom. The van der Waals surface area contributed by atoms with Crippen molar-refractivity contribution in [3.05, 3.63) is 173 Å². The minimum absolute atomic E-state index is 0.0466. The van der Waals surface area contributed by atoms with Gasteiger partial charge in [0.05, 0.1) is 0 Å². The van der Waals surface area contributed by atoms with Crippen molar-refractivity contribution in [2.45, 2.75) is 104 Å². The Kier molecular flexibility index (Phi) is 8.05. The van der Waals surface area contributed by atoms with Crippen LogP contribution in [0.4, 0.5) is 34.1 Å². The number of fused-ring (bicyclic) bond motifs is 6. The van der Waals surface area contributed by atoms with Gasteiger partial charge in [0.2, 0.25) is 0 Å². The third-order valence-electron chi connectivity index (χ3n) is 14.9. The summed E-state index contributed by atoms with van der Waals surface area (Å²) in [6, 6.07) is 53.7. The van der Waals surface area contributed by atoms with E-state index in [4.69, 9.17) is 0 Å². The summed E-state index contributed by atoms with van der Waals surface area (Å²) in [6.07, 6.45) is 2.27. The molecule has 11 rings (SSSR count). The lowest BCUT2D eigenvalue weighted by Crippen LogP contribution is -2.61. The fraction of sp³-hybridized carbons (Fsp3) is 0.276. The van der Waals surface area contributed by atoms with Gasteiger partial charge in [-0.1, -0.05) is 146 Å². The maximum atomic E-state index is 2.66. The standard InChI is InChI=1S/C58H57BN2/c1-36-27-52-54-53(28-36)61(49-25-21-40(29-37(49)2)38-17-13-11-14-18-38)50-26-22-41(39-19-15-12-16-20-39)30-47(50)59(54)48-32-45-46(58(9,10)35-57(45,7)8)33-51(48)60(52)42-23-24-43-44(31-42)56(5,6)34-55(43,3)4/h11-33H,34-35H2,1-10H3. The highest BCUT2D eigenvalue weighted by Crippen LogP contribution is 2.55. The zero-order chi connectivity index (χ0) is 42.4. The van der Waals surface area contributed by atoms with E-state index < -0.39 is 0 Å². The van der Waals surface area contributed by atoms with Gasteiger partial charge in [0.15, 0.2) is 0 Å². The first-order valence-corrected chi connectivity index (χ1v) is 22.5. The molecule has 61 heavy (non-hydrogen) atoms. The van der Waals surface area contributed by atoms with Crippen LogP contribution in [0, 0.1) is 13.8 Å². The zero-order valence-corrected chi connectivity index (χ0v) is 37.7. The summed E-state index contributed by atoms with van der Waals surface area (Å²) >= 11 is 0. The van der Waals surface area contributed by atoms with Gasteiger partial charge < -0.3 is 9.80 Å². The van der Waals surface area contributed by atoms with Crippen LogP contribution >= 0.6 is 0 Å². The van der Waals surface area contributed by atoms with Crippen LogP contribution in [0.3, 0.4) is 0 Å². The fourth-order valence-corrected chi connectivity index (χ4v) is 12.8. The Balaban J connectivity index is 1.23. The van der Waals surface area contributed by atoms with Crippen LogP contribution < -0.4 is 26.2 Å². The lowest BCUT2D eigenvalue weighted by atomic mass is 9.33. The van der Waals surface area contributed by atoms with Crippen molar-refractivity contribution in [1.29, 1.82) is 0 Å². The van der Waals surface area contributed by atoms with Gasteiger partial charge in [-0.2, -0.15) is 0 Å². The van der Waals surface area contributed by atoms with Gasteiger partial charge in [0.25, 0.3) is 6.71 Å². The van der Waals surface area contributed by atoms with Gasteiger partial charge in [-0.25, -0.2) is 0 Å². The molecule has 0 atom stereocenters. The number of benzene rings is 7. The average molecular weight is 793 g/mol. The Hall–Kier alpha value is -5.80. The molecular weight excluding hydrogens is 735 g/mol. The van der Waals surface area contributed by atoms with Crippen molar-refractivity contribution in [2.24, 2.45) is 0 Å². The van der Waals surface area contributed by atoms with Crippen LogP contribution in [0.2, 0.25) is 0 Å². The second-order valence-corrected chi connectivity index (χ2v) is 21.4. The molecule has 7 aromatic carbocycles. The minimum Gasteiger partial charge on any atom is -0.311 e. The summed E-state index contributed by atoms with van der Waals surface area (Å²) in [5.41, 5.74) is 25.6. The van der Waals surface area contributed by atoms with Crippen LogP contribution in [0.1, 0.15) is 102 Å². The molecule has 0 spiro atoms. The van der Waals surface area contributed by atoms with E-state index in [-0.39, 0.29) is 28.4 Å². The van der Waals surface area contributed by atoms with Gasteiger partial charge in [0, 0.05) is 34.1 Å². The summed E-state index contributed by atoms with van der Waals surface area (Å²) in [7, 11) is 0. The average Bonchev–Trinajstić information content (AvgIpc) is 3.54. The molecule has 2 aliphatic heterocycles. The van der Waals surface area contributed by atoms with Crippen molar-refractivity contribution in [3.8, 4) is 22.3 Å². The Morgan fingerprint density at radius 2 is 0.902 bits per heavy atom. The SMILES string of the molecule is Cc1cc2c3c(c1)N(c1ccc(-c4ccccc4)cc1C)c1ccc(-c4ccccc4)cc1B3c1cc3c(cc1N2c1ccc2c(c1)C(C)(C)CC2(C)C)C(C)(C)CC3(C)C. The third-order valence-corrected chi connectivity index (χ3v) is 14.9. The van der Waals surface area contributed by atoms with Crippen LogP contribution in [-0.4, -0.2) is 6.71 Å². The molecular formula is C58H57BN2. The van der Waals surface area contributed by atoms with Gasteiger partial charge in [-0.3, -0.25) is 0 Å². The quantitative estimate of drug-likeness (QED) is 0.164. The van der Waals surface area contributed by atoms with Gasteiger partial charge >= 0.3 is 0 Å². The topological polar surface area (TPSA) is 6.48 Å². The van der Waals surface area contributed by atoms with E-state index in [9.17, 15) is 0 Å². The molecule has 3 heteroatoms. The number of aryl methyl sites for hydroxylation is 2. The van der Waals surface area contributed by atoms with Crippen molar-refractivity contribution in [2.75, 3.05) is 9.80 Å². The van der Waals surface area contributed by atoms with E-state index in [2.05, 4.69) is 219 Å². The van der Waals surface area contributed by atoms with Crippen molar-refractivity contribution >= 4 is 57.2 Å². The van der Waals surface area contributed by atoms with E-state index in [0.717, 1.165) is 12.8 Å². The number of anilines is 6. The Bertz CT molecular complexity index is 2950. The van der Waals surface area contributed by atoms with Gasteiger partial charge in [0.1, 0.15) is 0 Å². The van der Waals surface area contributed by atoms with E-state index in [1.807, 2.05) is 0 Å². The number of hydrogen-bond acceptors (Lipinski definition) is 2. The molecule has 302 valence electrons. The Morgan fingerprint density at radius 1 is 0.393 bits per heavy atom. The maximum Gasteiger partial charge on any atom is 0.252 e. The second kappa shape index (κ2) is 12.9. The van der Waals surface area contributed by atoms with Crippen molar-refractivity contribution in [1.82, 2.24) is 0 Å². The third kappa shape index (κ3) is 5.68. The molecule has 2 nitrogen and oxygen atoms in total. The molecule has 0 bridgehead atoms. The predicted molar refractivity (Wildman–Crippen MR) is 262 cm³/mol. The summed E-state index contributed by atoms with van der Waals surface area (Å²) in [6.45, 7) is 24.2. The van der Waals surface area contributed by atoms with E-state index >= 15 is 0 Å². The van der Waals surface area contributed by atoms with Crippen LogP contribution in [0.15, 0.2) is 140 Å². The van der Waals surface area contributed by atoms with Crippen LogP contribution in [-0.2, 0) is 21.7 Å². The molecule has 0 saturated carbocycles. The lowest BCUT2D eigenvalue weighted by Gasteiger charge is -2.45. The number of nitrogens with zero attached hydrogens (tertiary/aromatic N) is 2. The second-order valence-electron chi connectivity index (χ2n) is 21.4. The summed E-state index contributed by atoms with van der Waals surface area (Å²) in [5.74, 6) is 0. The van der Waals surface area contributed by atoms with Gasteiger partial charge in [-0.05, 0) is 169 Å². The minimum atomic E-state index is 0.0466. The molecule has 4 aliphatic rings. The highest BCUT2D eigenvalue weighted by atomic mass is 15.2. The lowest BCUT2D eigenvalue weighted by molar-refractivity contribution is 0.403. The molecule has 0 amide bonds. The van der Waals surface area contributed by atoms with Gasteiger partial charge in [-0.15, -0.1) is 0 Å². The van der Waals surface area contributed by atoms with Crippen LogP contribution in [0.25, 0.3) is 22.3 Å². The highest BCUT2D eigenvalue weighted by molar-refractivity contribution is 7.00. The molecule has 0 radical (unpaired) electrons. The number of rotatable bonds is 4. The van der Waals surface area contributed by atoms with E-state index in [0.29, 0.717) is 0 Å². The largest absolute Gasteiger partial charge is 0.311 e. The molecule has 7 aromatic rings. The number of hydrogen-bond donors (Lipinski definition) is 0. The summed E-state index contributed by atoms with van der Waals surface area (Å²) in [5, 5.41) is 0. The normalized spacial score (nSPS) is 18.0. The van der Waals surface area contributed by atoms with Crippen molar-refractivity contribution < 1.29 is 0 Å². The molecule has 0 aromatic heterocycles. The Labute approximate surface area is 364 Å². The summed E-state index contributed by atoms with van der Waals surface area (Å²) < 4.78 is 0. The maximum absolute atomic E-state index is 2.66. The highest BCUT2D eigenvalue weighted by Gasteiger charge is 2.49. The first-order valence-electron chi connectivity index (χ1n) is 22.5. The molecule has 0 unspecified atom stereocenters. The molecule has 0 N–H and O–H groups in total. The smallest absolute Gasteiger partial charge is 0.252 e. The predicted octanol–water partition coefficient (Wildman–Crippen LogP) is 13.6. The molecule has 0 saturated heterocycles. The van der Waals surface area contributed by atoms with Crippen molar-refractivity contribution in [3.63, 3.8) is 0 Å². The molecule has 2 aliphatic carbocycles. The monoisotopic (exact) mass is 792 g/mol. The van der Waals surface area contributed by atoms with E-state index in [1.165, 1.54) is 106 Å². The molecule has 2 heterocycles. The summed E-state index contributed by atoms with van der Waals surface area (Å²) in [4.78, 5) is 5.26. The first-order chi connectivity index (χ1) is 29.0. The van der Waals surface area contributed by atoms with E-state index in [1.54, 1.807) is 0 Å². The first kappa shape index (κ1) is 38.2. The fourth-order valence-electron chi connectivity index (χ4n) is 12.8. The zero-order valence-electron chi connectivity index (χ0n) is 37.7. The molecule has 0 fully saturated rings. The van der Waals surface area contributed by atoms with Crippen LogP contribution in [0.5, 0.6) is 0 Å².